The topological polar surface area (TPSA) is 61.3 Å². The molecule has 1 unspecified atom stereocenters. The summed E-state index contributed by atoms with van der Waals surface area (Å²) in [7, 11) is 0. The maximum Gasteiger partial charge on any atom is 0.224 e. The number of aliphatic hydroxyl groups excluding tert-OH is 1. The fourth-order valence-corrected chi connectivity index (χ4v) is 2.01. The molecule has 0 bridgehead atoms. The zero-order chi connectivity index (χ0) is 12.3. The normalized spacial score (nSPS) is 19.7. The molecule has 94 valence electrons. The first-order chi connectivity index (χ1) is 8.20. The Morgan fingerprint density at radius 3 is 3.06 bits per heavy atom. The molecule has 0 aliphatic carbocycles. The van der Waals surface area contributed by atoms with E-state index in [9.17, 15) is 5.11 Å². The molecule has 0 radical (unpaired) electrons. The van der Waals surface area contributed by atoms with Gasteiger partial charge in [0, 0.05) is 31.4 Å². The molecular formula is C12H20N4O. The number of nitrogens with zero attached hydrogens (tertiary/aromatic N) is 3. The molecule has 1 aromatic rings. The average molecular weight is 236 g/mol. The molecule has 1 atom stereocenters. The smallest absolute Gasteiger partial charge is 0.224 e. The Kier molecular flexibility index (Phi) is 3.78. The van der Waals surface area contributed by atoms with Crippen molar-refractivity contribution < 1.29 is 5.11 Å². The van der Waals surface area contributed by atoms with Crippen LogP contribution in [-0.2, 0) is 0 Å². The molecule has 2 N–H and O–H groups in total. The van der Waals surface area contributed by atoms with E-state index in [4.69, 9.17) is 0 Å². The van der Waals surface area contributed by atoms with E-state index >= 15 is 0 Å². The van der Waals surface area contributed by atoms with Crippen LogP contribution in [0, 0.1) is 6.92 Å². The van der Waals surface area contributed by atoms with Crippen molar-refractivity contribution in [1.29, 1.82) is 0 Å². The van der Waals surface area contributed by atoms with Crippen molar-refractivity contribution in [3.63, 3.8) is 0 Å². The molecule has 1 aliphatic heterocycles. The number of hydrogen-bond acceptors (Lipinski definition) is 5. The Morgan fingerprint density at radius 1 is 1.59 bits per heavy atom. The molecule has 0 saturated carbocycles. The maximum atomic E-state index is 9.56. The first-order valence-corrected chi connectivity index (χ1v) is 6.21. The van der Waals surface area contributed by atoms with Crippen LogP contribution in [0.3, 0.4) is 0 Å². The molecule has 2 heterocycles. The molecular weight excluding hydrogens is 216 g/mol. The zero-order valence-corrected chi connectivity index (χ0v) is 10.5. The minimum atomic E-state index is -0.226. The predicted molar refractivity (Wildman–Crippen MR) is 68.4 cm³/mol. The van der Waals surface area contributed by atoms with Crippen LogP contribution >= 0.6 is 0 Å². The lowest BCUT2D eigenvalue weighted by Gasteiger charge is -2.19. The van der Waals surface area contributed by atoms with Crippen LogP contribution in [0.15, 0.2) is 6.20 Å². The summed E-state index contributed by atoms with van der Waals surface area (Å²) >= 11 is 0. The van der Waals surface area contributed by atoms with Crippen LogP contribution in [0.1, 0.15) is 25.3 Å². The van der Waals surface area contributed by atoms with Gasteiger partial charge in [0.2, 0.25) is 5.95 Å². The Balaban J connectivity index is 2.14. The van der Waals surface area contributed by atoms with Gasteiger partial charge in [-0.3, -0.25) is 0 Å². The number of rotatable bonds is 4. The summed E-state index contributed by atoms with van der Waals surface area (Å²) in [5, 5.41) is 12.7. The molecule has 1 saturated heterocycles. The predicted octanol–water partition coefficient (Wildman–Crippen LogP) is 1.18. The first-order valence-electron chi connectivity index (χ1n) is 6.21. The van der Waals surface area contributed by atoms with Crippen LogP contribution < -0.4 is 10.2 Å². The van der Waals surface area contributed by atoms with E-state index in [0.29, 0.717) is 12.5 Å². The number of anilines is 2. The highest BCUT2D eigenvalue weighted by Gasteiger charge is 2.22. The largest absolute Gasteiger partial charge is 0.391 e. The highest BCUT2D eigenvalue weighted by molar-refractivity contribution is 5.49. The lowest BCUT2D eigenvalue weighted by Crippen LogP contribution is -2.23. The van der Waals surface area contributed by atoms with Gasteiger partial charge < -0.3 is 15.3 Å². The summed E-state index contributed by atoms with van der Waals surface area (Å²) in [5.41, 5.74) is 1.06. The quantitative estimate of drug-likeness (QED) is 0.822. The Bertz CT molecular complexity index is 383. The second-order valence-electron chi connectivity index (χ2n) is 4.52. The average Bonchev–Trinajstić information content (AvgIpc) is 2.75. The third-order valence-corrected chi connectivity index (χ3v) is 2.94. The lowest BCUT2D eigenvalue weighted by atomic mass is 10.3. The summed E-state index contributed by atoms with van der Waals surface area (Å²) in [6, 6.07) is 0. The Hall–Kier alpha value is -1.36. The van der Waals surface area contributed by atoms with Gasteiger partial charge >= 0.3 is 0 Å². The molecule has 1 fully saturated rings. The summed E-state index contributed by atoms with van der Waals surface area (Å²) in [6.45, 7) is 6.53. The van der Waals surface area contributed by atoms with Crippen LogP contribution in [0.25, 0.3) is 0 Å². The number of aromatic nitrogens is 2. The van der Waals surface area contributed by atoms with E-state index in [1.54, 1.807) is 0 Å². The van der Waals surface area contributed by atoms with E-state index < -0.39 is 0 Å². The SMILES string of the molecule is CCCNc1ncc(C)c(N2CCC(O)C2)n1. The Morgan fingerprint density at radius 2 is 2.41 bits per heavy atom. The van der Waals surface area contributed by atoms with E-state index in [1.165, 1.54) is 0 Å². The summed E-state index contributed by atoms with van der Waals surface area (Å²) < 4.78 is 0. The number of β-amino-alcohol motifs (C(OH)–C–C–N with tert-alkyl or cyclic N) is 1. The number of aryl methyl sites for hydroxylation is 1. The zero-order valence-electron chi connectivity index (χ0n) is 10.5. The minimum absolute atomic E-state index is 0.226. The molecule has 2 rings (SSSR count). The fraction of sp³-hybridized carbons (Fsp3) is 0.667. The van der Waals surface area contributed by atoms with E-state index in [-0.39, 0.29) is 6.10 Å². The summed E-state index contributed by atoms with van der Waals surface area (Å²) in [5.74, 6) is 1.61. The van der Waals surface area contributed by atoms with Crippen LogP contribution in [0.4, 0.5) is 11.8 Å². The third kappa shape index (κ3) is 2.85. The standard InChI is InChI=1S/C12H20N4O/c1-3-5-13-12-14-7-9(2)11(15-12)16-6-4-10(17)8-16/h7,10,17H,3-6,8H2,1-2H3,(H,13,14,15). The van der Waals surface area contributed by atoms with Gasteiger partial charge in [-0.15, -0.1) is 0 Å². The van der Waals surface area contributed by atoms with Crippen molar-refractivity contribution in [3.05, 3.63) is 11.8 Å². The van der Waals surface area contributed by atoms with Gasteiger partial charge in [-0.25, -0.2) is 4.98 Å². The molecule has 17 heavy (non-hydrogen) atoms. The van der Waals surface area contributed by atoms with E-state index in [2.05, 4.69) is 27.1 Å². The second kappa shape index (κ2) is 5.31. The van der Waals surface area contributed by atoms with Gasteiger partial charge in [0.05, 0.1) is 6.10 Å². The van der Waals surface area contributed by atoms with Crippen molar-refractivity contribution in [2.75, 3.05) is 29.9 Å². The lowest BCUT2D eigenvalue weighted by molar-refractivity contribution is 0.198. The molecule has 0 aromatic carbocycles. The highest BCUT2D eigenvalue weighted by atomic mass is 16.3. The van der Waals surface area contributed by atoms with Crippen molar-refractivity contribution in [2.24, 2.45) is 0 Å². The first kappa shape index (κ1) is 12.1. The van der Waals surface area contributed by atoms with Crippen molar-refractivity contribution >= 4 is 11.8 Å². The highest BCUT2D eigenvalue weighted by Crippen LogP contribution is 2.22. The van der Waals surface area contributed by atoms with Crippen molar-refractivity contribution in [1.82, 2.24) is 9.97 Å². The van der Waals surface area contributed by atoms with Gasteiger partial charge in [0.1, 0.15) is 5.82 Å². The molecule has 0 amide bonds. The number of nitrogens with one attached hydrogen (secondary N) is 1. The second-order valence-corrected chi connectivity index (χ2v) is 4.52. The van der Waals surface area contributed by atoms with Gasteiger partial charge in [-0.1, -0.05) is 6.92 Å². The third-order valence-electron chi connectivity index (χ3n) is 2.94. The molecule has 0 spiro atoms. The van der Waals surface area contributed by atoms with E-state index in [0.717, 1.165) is 37.3 Å². The number of aliphatic hydroxyl groups is 1. The van der Waals surface area contributed by atoms with Gasteiger partial charge in [-0.05, 0) is 19.8 Å². The van der Waals surface area contributed by atoms with Gasteiger partial charge in [0.15, 0.2) is 0 Å². The molecule has 1 aliphatic rings. The molecule has 5 nitrogen and oxygen atoms in total. The van der Waals surface area contributed by atoms with Crippen LogP contribution in [0.2, 0.25) is 0 Å². The van der Waals surface area contributed by atoms with Crippen molar-refractivity contribution in [3.8, 4) is 0 Å². The van der Waals surface area contributed by atoms with Crippen LogP contribution in [0.5, 0.6) is 0 Å². The van der Waals surface area contributed by atoms with Gasteiger partial charge in [-0.2, -0.15) is 4.98 Å². The van der Waals surface area contributed by atoms with E-state index in [1.807, 2.05) is 13.1 Å². The monoisotopic (exact) mass is 236 g/mol. The minimum Gasteiger partial charge on any atom is -0.391 e. The van der Waals surface area contributed by atoms with Gasteiger partial charge in [0.25, 0.3) is 0 Å². The van der Waals surface area contributed by atoms with Crippen LogP contribution in [-0.4, -0.2) is 40.8 Å². The molecule has 1 aromatic heterocycles. The molecule has 5 heteroatoms. The fourth-order valence-electron chi connectivity index (χ4n) is 2.01. The summed E-state index contributed by atoms with van der Waals surface area (Å²) in [4.78, 5) is 10.9. The number of hydrogen-bond donors (Lipinski definition) is 2. The Labute approximate surface area is 102 Å². The summed E-state index contributed by atoms with van der Waals surface area (Å²) in [6.07, 6.45) is 3.48. The maximum absolute atomic E-state index is 9.56. The van der Waals surface area contributed by atoms with Crippen molar-refractivity contribution in [2.45, 2.75) is 32.8 Å².